The smallest absolute Gasteiger partial charge is 0.0738 e. The minimum Gasteiger partial charge on any atom is -0.389 e. The van der Waals surface area contributed by atoms with E-state index in [1.165, 1.54) is 0 Å². The van der Waals surface area contributed by atoms with Crippen LogP contribution < -0.4 is 0 Å². The van der Waals surface area contributed by atoms with Crippen molar-refractivity contribution in [3.8, 4) is 0 Å². The average Bonchev–Trinajstić information content (AvgIpc) is 2.30. The molecular weight excluding hydrogens is 268 g/mol. The fraction of sp³-hybridized carbons (Fsp3) is 0.750. The van der Waals surface area contributed by atoms with Crippen molar-refractivity contribution in [2.24, 2.45) is 12.5 Å². The number of aliphatic hydroxyl groups is 1. The maximum atomic E-state index is 10.5. The van der Waals surface area contributed by atoms with E-state index in [0.29, 0.717) is 6.42 Å². The monoisotopic (exact) mass is 288 g/mol. The van der Waals surface area contributed by atoms with Gasteiger partial charge in [0.2, 0.25) is 0 Å². The molecular formula is C12H21BrN2O. The van der Waals surface area contributed by atoms with Crippen molar-refractivity contribution in [2.45, 2.75) is 46.6 Å². The lowest BCUT2D eigenvalue weighted by atomic mass is 9.75. The molecule has 0 radical (unpaired) electrons. The largest absolute Gasteiger partial charge is 0.389 e. The summed E-state index contributed by atoms with van der Waals surface area (Å²) in [6.45, 7) is 9.97. The number of nitrogens with zero attached hydrogens (tertiary/aromatic N) is 2. The molecule has 1 atom stereocenters. The highest BCUT2D eigenvalue weighted by molar-refractivity contribution is 9.10. The molecule has 0 bridgehead atoms. The third-order valence-electron chi connectivity index (χ3n) is 3.39. The molecule has 1 heterocycles. The molecule has 1 N–H and O–H groups in total. The summed E-state index contributed by atoms with van der Waals surface area (Å²) >= 11 is 3.53. The summed E-state index contributed by atoms with van der Waals surface area (Å²) in [6.07, 6.45) is 0.592. The third-order valence-corrected chi connectivity index (χ3v) is 4.42. The molecule has 92 valence electrons. The predicted molar refractivity (Wildman–Crippen MR) is 69.4 cm³/mol. The molecule has 0 fully saturated rings. The normalized spacial score (nSPS) is 16.2. The van der Waals surface area contributed by atoms with Gasteiger partial charge >= 0.3 is 0 Å². The molecule has 16 heavy (non-hydrogen) atoms. The Morgan fingerprint density at radius 3 is 2.12 bits per heavy atom. The van der Waals surface area contributed by atoms with Crippen LogP contribution in [0.1, 0.15) is 39.1 Å². The molecule has 3 nitrogen and oxygen atoms in total. The van der Waals surface area contributed by atoms with Crippen molar-refractivity contribution < 1.29 is 5.11 Å². The van der Waals surface area contributed by atoms with Gasteiger partial charge in [0, 0.05) is 13.5 Å². The SMILES string of the molecule is Cc1nn(C)c(CC(C)(O)C(C)(C)C)c1Br. The van der Waals surface area contributed by atoms with E-state index in [1.54, 1.807) is 0 Å². The second-order valence-electron chi connectivity index (χ2n) is 5.67. The number of aromatic nitrogens is 2. The van der Waals surface area contributed by atoms with Crippen LogP contribution in [0.15, 0.2) is 4.47 Å². The molecule has 1 unspecified atom stereocenters. The predicted octanol–water partition coefficient (Wildman–Crippen LogP) is 2.83. The fourth-order valence-corrected chi connectivity index (χ4v) is 1.94. The zero-order valence-corrected chi connectivity index (χ0v) is 12.5. The molecule has 4 heteroatoms. The lowest BCUT2D eigenvalue weighted by Gasteiger charge is -2.37. The van der Waals surface area contributed by atoms with Gasteiger partial charge in [-0.1, -0.05) is 20.8 Å². The van der Waals surface area contributed by atoms with Crippen LogP contribution >= 0.6 is 15.9 Å². The Morgan fingerprint density at radius 2 is 1.81 bits per heavy atom. The molecule has 1 aromatic heterocycles. The van der Waals surface area contributed by atoms with E-state index < -0.39 is 5.60 Å². The molecule has 0 aliphatic heterocycles. The Bertz CT molecular complexity index is 388. The van der Waals surface area contributed by atoms with Gasteiger partial charge in [-0.05, 0) is 35.2 Å². The van der Waals surface area contributed by atoms with Crippen LogP contribution in [0.3, 0.4) is 0 Å². The van der Waals surface area contributed by atoms with Crippen LogP contribution in [0.25, 0.3) is 0 Å². The molecule has 0 saturated carbocycles. The maximum Gasteiger partial charge on any atom is 0.0738 e. The average molecular weight is 289 g/mol. The summed E-state index contributed by atoms with van der Waals surface area (Å²) in [5.74, 6) is 0. The van der Waals surface area contributed by atoms with Crippen LogP contribution in [-0.4, -0.2) is 20.5 Å². The van der Waals surface area contributed by atoms with E-state index in [9.17, 15) is 5.11 Å². The highest BCUT2D eigenvalue weighted by Gasteiger charge is 2.36. The van der Waals surface area contributed by atoms with Gasteiger partial charge in [-0.2, -0.15) is 5.10 Å². The Balaban J connectivity index is 3.06. The van der Waals surface area contributed by atoms with Crippen molar-refractivity contribution in [1.82, 2.24) is 9.78 Å². The Morgan fingerprint density at radius 1 is 1.31 bits per heavy atom. The van der Waals surface area contributed by atoms with E-state index in [4.69, 9.17) is 0 Å². The van der Waals surface area contributed by atoms with Crippen molar-refractivity contribution in [3.63, 3.8) is 0 Å². The summed E-state index contributed by atoms with van der Waals surface area (Å²) in [4.78, 5) is 0. The first-order chi connectivity index (χ1) is 7.06. The van der Waals surface area contributed by atoms with Crippen LogP contribution in [0.2, 0.25) is 0 Å². The van der Waals surface area contributed by atoms with Gasteiger partial charge in [0.05, 0.1) is 21.5 Å². The van der Waals surface area contributed by atoms with Crippen LogP contribution in [-0.2, 0) is 13.5 Å². The van der Waals surface area contributed by atoms with Gasteiger partial charge in [-0.3, -0.25) is 4.68 Å². The molecule has 1 aromatic rings. The van der Waals surface area contributed by atoms with E-state index in [1.807, 2.05) is 46.3 Å². The number of aryl methyl sites for hydroxylation is 2. The van der Waals surface area contributed by atoms with Crippen LogP contribution in [0.5, 0.6) is 0 Å². The van der Waals surface area contributed by atoms with Crippen molar-refractivity contribution >= 4 is 15.9 Å². The summed E-state index contributed by atoms with van der Waals surface area (Å²) in [7, 11) is 1.91. The van der Waals surface area contributed by atoms with E-state index in [2.05, 4.69) is 21.0 Å². The number of hydrogen-bond acceptors (Lipinski definition) is 2. The van der Waals surface area contributed by atoms with Gasteiger partial charge < -0.3 is 5.11 Å². The Labute approximate surface area is 106 Å². The van der Waals surface area contributed by atoms with Gasteiger partial charge in [0.25, 0.3) is 0 Å². The number of halogens is 1. The summed E-state index contributed by atoms with van der Waals surface area (Å²) in [5.41, 5.74) is 1.08. The van der Waals surface area contributed by atoms with E-state index >= 15 is 0 Å². The van der Waals surface area contributed by atoms with E-state index in [0.717, 1.165) is 15.9 Å². The quantitative estimate of drug-likeness (QED) is 0.909. The second-order valence-corrected chi connectivity index (χ2v) is 6.46. The van der Waals surface area contributed by atoms with Crippen molar-refractivity contribution in [2.75, 3.05) is 0 Å². The minimum absolute atomic E-state index is 0.162. The second kappa shape index (κ2) is 4.15. The Hall–Kier alpha value is -0.350. The Kier molecular flexibility index (Phi) is 3.56. The topological polar surface area (TPSA) is 38.0 Å². The molecule has 0 saturated heterocycles. The number of hydrogen-bond donors (Lipinski definition) is 1. The summed E-state index contributed by atoms with van der Waals surface area (Å²) in [5, 5.41) is 14.8. The maximum absolute atomic E-state index is 10.5. The first-order valence-corrected chi connectivity index (χ1v) is 6.26. The lowest BCUT2D eigenvalue weighted by molar-refractivity contribution is -0.0420. The standard InChI is InChI=1S/C12H21BrN2O/c1-8-10(13)9(15(6)14-8)7-12(5,16)11(2,3)4/h16H,7H2,1-6H3. The van der Waals surface area contributed by atoms with Gasteiger partial charge in [-0.25, -0.2) is 0 Å². The number of rotatable bonds is 2. The third kappa shape index (κ3) is 2.48. The van der Waals surface area contributed by atoms with Gasteiger partial charge in [-0.15, -0.1) is 0 Å². The minimum atomic E-state index is -0.754. The molecule has 0 aliphatic rings. The first-order valence-electron chi connectivity index (χ1n) is 5.46. The first kappa shape index (κ1) is 13.7. The highest BCUT2D eigenvalue weighted by Crippen LogP contribution is 2.35. The van der Waals surface area contributed by atoms with Crippen molar-refractivity contribution in [3.05, 3.63) is 15.9 Å². The highest BCUT2D eigenvalue weighted by atomic mass is 79.9. The summed E-state index contributed by atoms with van der Waals surface area (Å²) in [6, 6.07) is 0. The molecule has 0 aromatic carbocycles. The zero-order valence-electron chi connectivity index (χ0n) is 10.9. The molecule has 0 amide bonds. The molecule has 0 spiro atoms. The zero-order chi connectivity index (χ0) is 12.7. The fourth-order valence-electron chi connectivity index (χ4n) is 1.46. The van der Waals surface area contributed by atoms with E-state index in [-0.39, 0.29) is 5.41 Å². The van der Waals surface area contributed by atoms with Gasteiger partial charge in [0.15, 0.2) is 0 Å². The van der Waals surface area contributed by atoms with Crippen LogP contribution in [0.4, 0.5) is 0 Å². The molecule has 0 aliphatic carbocycles. The molecule has 1 rings (SSSR count). The summed E-state index contributed by atoms with van der Waals surface area (Å²) < 4.78 is 2.83. The van der Waals surface area contributed by atoms with Gasteiger partial charge in [0.1, 0.15) is 0 Å². The lowest BCUT2D eigenvalue weighted by Crippen LogP contribution is -2.42. The van der Waals surface area contributed by atoms with Crippen LogP contribution in [0, 0.1) is 12.3 Å². The van der Waals surface area contributed by atoms with Crippen molar-refractivity contribution in [1.29, 1.82) is 0 Å².